The van der Waals surface area contributed by atoms with Crippen LogP contribution in [0.25, 0.3) is 6.08 Å². The van der Waals surface area contributed by atoms with Crippen molar-refractivity contribution in [3.63, 3.8) is 0 Å². The van der Waals surface area contributed by atoms with E-state index in [0.29, 0.717) is 41.5 Å². The molecule has 1 atom stereocenters. The fourth-order valence-corrected chi connectivity index (χ4v) is 4.75. The molecule has 1 aliphatic heterocycles. The second-order valence-corrected chi connectivity index (χ2v) is 9.28. The Balaban J connectivity index is 2.16. The zero-order valence-corrected chi connectivity index (χ0v) is 24.4. The average Bonchev–Trinajstić information content (AvgIpc) is 2.90. The molecule has 1 amide bonds. The summed E-state index contributed by atoms with van der Waals surface area (Å²) < 4.78 is 22.4. The molecule has 3 rings (SSSR count). The average molecular weight is 553 g/mol. The first-order chi connectivity index (χ1) is 18.7. The Labute approximate surface area is 235 Å². The highest BCUT2D eigenvalue weighted by Gasteiger charge is 2.40. The molecule has 0 aromatic heterocycles. The van der Waals surface area contributed by atoms with Crippen molar-refractivity contribution >= 4 is 35.3 Å². The van der Waals surface area contributed by atoms with Crippen LogP contribution in [0.2, 0.25) is 0 Å². The molecule has 2 aromatic rings. The largest absolute Gasteiger partial charge is 0.496 e. The van der Waals surface area contributed by atoms with Crippen molar-refractivity contribution in [2.45, 2.75) is 47.6 Å². The number of hydrogen-bond acceptors (Lipinski definition) is 7. The Bertz CT molecular complexity index is 1320. The third-order valence-corrected chi connectivity index (χ3v) is 6.50. The fraction of sp³-hybridized carbons (Fsp3) is 0.367. The number of nitrogens with zero attached hydrogens (tertiary/aromatic N) is 1. The number of methoxy groups -OCH3 is 1. The molecule has 0 saturated carbocycles. The molecule has 2 aromatic carbocycles. The molecule has 8 nitrogen and oxygen atoms in total. The van der Waals surface area contributed by atoms with Crippen molar-refractivity contribution < 1.29 is 28.5 Å². The highest BCUT2D eigenvalue weighted by atomic mass is 32.1. The minimum Gasteiger partial charge on any atom is -0.496 e. The van der Waals surface area contributed by atoms with Crippen LogP contribution in [0, 0.1) is 6.92 Å². The molecule has 1 heterocycles. The number of benzene rings is 2. The summed E-state index contributed by atoms with van der Waals surface area (Å²) in [5, 5.41) is 3.20. The van der Waals surface area contributed by atoms with Crippen LogP contribution in [0.5, 0.6) is 17.2 Å². The molecule has 1 aliphatic rings. The summed E-state index contributed by atoms with van der Waals surface area (Å²) in [6.45, 7) is 12.0. The maximum Gasteiger partial charge on any atom is 0.338 e. The molecule has 0 fully saturated rings. The lowest BCUT2D eigenvalue weighted by atomic mass is 9.92. The second-order valence-electron chi connectivity index (χ2n) is 8.90. The van der Waals surface area contributed by atoms with Gasteiger partial charge in [-0.1, -0.05) is 18.2 Å². The van der Waals surface area contributed by atoms with Crippen molar-refractivity contribution in [3.05, 3.63) is 69.9 Å². The summed E-state index contributed by atoms with van der Waals surface area (Å²) in [5.74, 6) is 0.898. The van der Waals surface area contributed by atoms with Gasteiger partial charge in [-0.2, -0.15) is 0 Å². The van der Waals surface area contributed by atoms with E-state index in [1.54, 1.807) is 46.1 Å². The number of hydrogen-bond donors (Lipinski definition) is 1. The second kappa shape index (κ2) is 13.3. The van der Waals surface area contributed by atoms with Gasteiger partial charge in [0, 0.05) is 11.3 Å². The zero-order chi connectivity index (χ0) is 28.7. The van der Waals surface area contributed by atoms with Crippen molar-refractivity contribution in [1.82, 2.24) is 10.2 Å². The van der Waals surface area contributed by atoms with E-state index in [-0.39, 0.29) is 23.2 Å². The van der Waals surface area contributed by atoms with Crippen molar-refractivity contribution in [1.29, 1.82) is 0 Å². The molecule has 0 saturated heterocycles. The van der Waals surface area contributed by atoms with Crippen LogP contribution in [0.4, 0.5) is 0 Å². The molecule has 208 valence electrons. The van der Waals surface area contributed by atoms with Crippen LogP contribution in [0.3, 0.4) is 0 Å². The van der Waals surface area contributed by atoms with Crippen LogP contribution in [0.15, 0.2) is 53.2 Å². The van der Waals surface area contributed by atoms with Gasteiger partial charge in [-0.05, 0) is 94.7 Å². The van der Waals surface area contributed by atoms with Gasteiger partial charge in [0.05, 0.1) is 38.5 Å². The Hall–Kier alpha value is -3.85. The van der Waals surface area contributed by atoms with E-state index in [9.17, 15) is 9.59 Å². The minimum atomic E-state index is -0.851. The number of carbonyl (C=O) groups is 2. The van der Waals surface area contributed by atoms with Gasteiger partial charge in [-0.25, -0.2) is 4.79 Å². The predicted molar refractivity (Wildman–Crippen MR) is 155 cm³/mol. The molecule has 39 heavy (non-hydrogen) atoms. The molecular formula is C30H36N2O6S. The Morgan fingerprint density at radius 3 is 2.31 bits per heavy atom. The van der Waals surface area contributed by atoms with Crippen LogP contribution < -0.4 is 19.5 Å². The Kier molecular flexibility index (Phi) is 10.1. The highest BCUT2D eigenvalue weighted by molar-refractivity contribution is 7.80. The summed E-state index contributed by atoms with van der Waals surface area (Å²) in [6.07, 6.45) is 1.77. The third-order valence-electron chi connectivity index (χ3n) is 6.20. The molecule has 1 unspecified atom stereocenters. The van der Waals surface area contributed by atoms with E-state index in [4.69, 9.17) is 31.2 Å². The summed E-state index contributed by atoms with van der Waals surface area (Å²) in [6, 6.07) is 10.2. The minimum absolute atomic E-state index is 0.177. The van der Waals surface area contributed by atoms with Gasteiger partial charge < -0.3 is 24.3 Å². The maximum absolute atomic E-state index is 14.0. The van der Waals surface area contributed by atoms with Gasteiger partial charge in [0.2, 0.25) is 0 Å². The van der Waals surface area contributed by atoms with Gasteiger partial charge >= 0.3 is 5.97 Å². The first-order valence-electron chi connectivity index (χ1n) is 12.9. The number of nitrogens with one attached hydrogen (secondary N) is 1. The number of thiocarbonyl (C=S) groups is 1. The fourth-order valence-electron chi connectivity index (χ4n) is 4.40. The molecule has 1 N–H and O–H groups in total. The summed E-state index contributed by atoms with van der Waals surface area (Å²) in [7, 11) is 1.61. The topological polar surface area (TPSA) is 86.3 Å². The Morgan fingerprint density at radius 1 is 0.974 bits per heavy atom. The lowest BCUT2D eigenvalue weighted by molar-refractivity contribution is -0.139. The van der Waals surface area contributed by atoms with Gasteiger partial charge in [-0.3, -0.25) is 9.69 Å². The number of rotatable bonds is 10. The van der Waals surface area contributed by atoms with E-state index in [1.165, 1.54) is 4.90 Å². The SMILES string of the molecule is CCOC(=O)C1=C(C)NC(=S)N(C(=O)/C(C)=C/c2ccc(C)c(OC)c2)C1c1ccc(OCC)c(OCC)c1. The summed E-state index contributed by atoms with van der Waals surface area (Å²) in [5.41, 5.74) is 3.65. The van der Waals surface area contributed by atoms with Crippen LogP contribution >= 0.6 is 12.2 Å². The van der Waals surface area contributed by atoms with Crippen molar-refractivity contribution in [2.24, 2.45) is 0 Å². The van der Waals surface area contributed by atoms with E-state index in [1.807, 2.05) is 45.0 Å². The van der Waals surface area contributed by atoms with Crippen molar-refractivity contribution in [2.75, 3.05) is 26.9 Å². The van der Waals surface area contributed by atoms with E-state index >= 15 is 0 Å². The van der Waals surface area contributed by atoms with Crippen LogP contribution in [-0.2, 0) is 14.3 Å². The number of aryl methyl sites for hydroxylation is 1. The number of esters is 1. The molecule has 9 heteroatoms. The Morgan fingerprint density at radius 2 is 1.67 bits per heavy atom. The molecule has 0 radical (unpaired) electrons. The number of allylic oxidation sites excluding steroid dienone is 1. The first-order valence-corrected chi connectivity index (χ1v) is 13.3. The van der Waals surface area contributed by atoms with Crippen molar-refractivity contribution in [3.8, 4) is 17.2 Å². The van der Waals surface area contributed by atoms with Gasteiger partial charge in [0.25, 0.3) is 5.91 Å². The summed E-state index contributed by atoms with van der Waals surface area (Å²) in [4.78, 5) is 28.6. The van der Waals surface area contributed by atoms with E-state index < -0.39 is 12.0 Å². The normalized spacial score (nSPS) is 15.6. The standard InChI is InChI=1S/C30H36N2O6S/c1-8-36-23-14-13-22(17-25(23)37-9-2)27-26(29(34)38-10-3)20(6)31-30(39)32(27)28(33)19(5)15-21-12-11-18(4)24(16-21)35-7/h11-17,27H,8-10H2,1-7H3,(H,31,39)/b19-15+. The van der Waals surface area contributed by atoms with Crippen LogP contribution in [-0.4, -0.2) is 48.8 Å². The maximum atomic E-state index is 14.0. The smallest absolute Gasteiger partial charge is 0.338 e. The lowest BCUT2D eigenvalue weighted by Gasteiger charge is -2.38. The van der Waals surface area contributed by atoms with Gasteiger partial charge in [0.15, 0.2) is 16.6 Å². The predicted octanol–water partition coefficient (Wildman–Crippen LogP) is 5.50. The van der Waals surface area contributed by atoms with Crippen LogP contribution in [0.1, 0.15) is 57.4 Å². The molecular weight excluding hydrogens is 516 g/mol. The van der Waals surface area contributed by atoms with E-state index in [0.717, 1.165) is 16.9 Å². The first kappa shape index (κ1) is 29.7. The number of ether oxygens (including phenoxy) is 4. The molecule has 0 spiro atoms. The third kappa shape index (κ3) is 6.60. The molecule has 0 bridgehead atoms. The quantitative estimate of drug-likeness (QED) is 0.235. The summed E-state index contributed by atoms with van der Waals surface area (Å²) >= 11 is 5.66. The molecule has 0 aliphatic carbocycles. The van der Waals surface area contributed by atoms with Gasteiger partial charge in [-0.15, -0.1) is 0 Å². The van der Waals surface area contributed by atoms with Gasteiger partial charge in [0.1, 0.15) is 5.75 Å². The number of amides is 1. The monoisotopic (exact) mass is 552 g/mol. The lowest BCUT2D eigenvalue weighted by Crippen LogP contribution is -2.51. The zero-order valence-electron chi connectivity index (χ0n) is 23.5. The van der Waals surface area contributed by atoms with E-state index in [2.05, 4.69) is 5.32 Å². The number of carbonyl (C=O) groups excluding carboxylic acids is 2. The highest BCUT2D eigenvalue weighted by Crippen LogP contribution is 2.39.